The van der Waals surface area contributed by atoms with Crippen LogP contribution in [0.25, 0.3) is 0 Å². The van der Waals surface area contributed by atoms with Crippen molar-refractivity contribution in [3.8, 4) is 0 Å². The Morgan fingerprint density at radius 2 is 1.70 bits per heavy atom. The van der Waals surface area contributed by atoms with Gasteiger partial charge in [-0.25, -0.2) is 4.39 Å². The lowest BCUT2D eigenvalue weighted by atomic mass is 9.88. The molecule has 0 amide bonds. The van der Waals surface area contributed by atoms with E-state index in [1.54, 1.807) is 6.07 Å². The third kappa shape index (κ3) is 2.79. The Balaban J connectivity index is 1.95. The van der Waals surface area contributed by atoms with Crippen LogP contribution in [0.5, 0.6) is 0 Å². The van der Waals surface area contributed by atoms with Crippen LogP contribution in [0.4, 0.5) is 4.39 Å². The Morgan fingerprint density at radius 3 is 2.45 bits per heavy atom. The minimum atomic E-state index is -0.783. The Bertz CT molecular complexity index is 619. The fraction of sp³-hybridized carbons (Fsp3) is 0.294. The molecule has 3 rings (SSSR count). The largest absolute Gasteiger partial charge is 0.384 e. The molecule has 1 unspecified atom stereocenters. The highest BCUT2D eigenvalue weighted by Crippen LogP contribution is 2.29. The van der Waals surface area contributed by atoms with Crippen LogP contribution in [0.2, 0.25) is 0 Å². The van der Waals surface area contributed by atoms with Gasteiger partial charge in [0.2, 0.25) is 0 Å². The zero-order valence-corrected chi connectivity index (χ0v) is 12.7. The fourth-order valence-corrected chi connectivity index (χ4v) is 3.33. The normalized spacial score (nSPS) is 15.8. The van der Waals surface area contributed by atoms with Crippen molar-refractivity contribution in [1.82, 2.24) is 0 Å². The standard InChI is InChI=1S/C17H16BrFO/c18-15-8-14(9-16(19)10-15)17(20)13-6-5-11-3-1-2-4-12(11)7-13/h5-10,17,20H,1-4H2. The summed E-state index contributed by atoms with van der Waals surface area (Å²) in [7, 11) is 0. The van der Waals surface area contributed by atoms with Crippen molar-refractivity contribution in [2.24, 2.45) is 0 Å². The molecule has 20 heavy (non-hydrogen) atoms. The van der Waals surface area contributed by atoms with Crippen LogP contribution >= 0.6 is 15.9 Å². The van der Waals surface area contributed by atoms with E-state index >= 15 is 0 Å². The second-order valence-electron chi connectivity index (χ2n) is 5.34. The van der Waals surface area contributed by atoms with Crippen molar-refractivity contribution >= 4 is 15.9 Å². The number of halogens is 2. The van der Waals surface area contributed by atoms with Gasteiger partial charge < -0.3 is 5.11 Å². The molecule has 1 N–H and O–H groups in total. The first kappa shape index (κ1) is 13.8. The fourth-order valence-electron chi connectivity index (χ4n) is 2.85. The summed E-state index contributed by atoms with van der Waals surface area (Å²) in [5, 5.41) is 10.5. The molecule has 0 spiro atoms. The molecule has 2 aromatic carbocycles. The summed E-state index contributed by atoms with van der Waals surface area (Å²) >= 11 is 3.26. The number of hydrogen-bond acceptors (Lipinski definition) is 1. The Labute approximate surface area is 126 Å². The summed E-state index contributed by atoms with van der Waals surface area (Å²) in [5.41, 5.74) is 4.12. The average molecular weight is 335 g/mol. The first-order valence-corrected chi connectivity index (χ1v) is 7.68. The van der Waals surface area contributed by atoms with Crippen molar-refractivity contribution in [3.05, 3.63) is 68.9 Å². The molecule has 0 radical (unpaired) electrons. The number of fused-ring (bicyclic) bond motifs is 1. The van der Waals surface area contributed by atoms with E-state index in [2.05, 4.69) is 28.1 Å². The summed E-state index contributed by atoms with van der Waals surface area (Å²) in [4.78, 5) is 0. The minimum absolute atomic E-state index is 0.341. The van der Waals surface area contributed by atoms with E-state index in [0.717, 1.165) is 18.4 Å². The summed E-state index contributed by atoms with van der Waals surface area (Å²) in [6.07, 6.45) is 3.86. The van der Waals surface area contributed by atoms with E-state index in [4.69, 9.17) is 0 Å². The first-order valence-electron chi connectivity index (χ1n) is 6.89. The number of hydrogen-bond donors (Lipinski definition) is 1. The van der Waals surface area contributed by atoms with Crippen LogP contribution < -0.4 is 0 Å². The lowest BCUT2D eigenvalue weighted by molar-refractivity contribution is 0.219. The third-order valence-electron chi connectivity index (χ3n) is 3.89. The Kier molecular flexibility index (Phi) is 3.90. The summed E-state index contributed by atoms with van der Waals surface area (Å²) in [6.45, 7) is 0. The smallest absolute Gasteiger partial charge is 0.124 e. The first-order chi connectivity index (χ1) is 9.63. The van der Waals surface area contributed by atoms with Gasteiger partial charge in [0.1, 0.15) is 11.9 Å². The maximum absolute atomic E-state index is 13.4. The predicted octanol–water partition coefficient (Wildman–Crippen LogP) is 4.55. The molecule has 0 fully saturated rings. The maximum atomic E-state index is 13.4. The van der Waals surface area contributed by atoms with Crippen molar-refractivity contribution in [2.75, 3.05) is 0 Å². The van der Waals surface area contributed by atoms with Gasteiger partial charge >= 0.3 is 0 Å². The summed E-state index contributed by atoms with van der Waals surface area (Å²) < 4.78 is 14.1. The van der Waals surface area contributed by atoms with E-state index < -0.39 is 6.10 Å². The highest BCUT2D eigenvalue weighted by molar-refractivity contribution is 9.10. The molecule has 0 aromatic heterocycles. The van der Waals surface area contributed by atoms with E-state index in [9.17, 15) is 9.50 Å². The van der Waals surface area contributed by atoms with Gasteiger partial charge in [0.15, 0.2) is 0 Å². The summed E-state index contributed by atoms with van der Waals surface area (Å²) in [5.74, 6) is -0.341. The van der Waals surface area contributed by atoms with Crippen LogP contribution in [0.3, 0.4) is 0 Å². The molecule has 1 aliphatic rings. The number of aliphatic hydroxyl groups is 1. The van der Waals surface area contributed by atoms with Crippen LogP contribution in [-0.2, 0) is 12.8 Å². The van der Waals surface area contributed by atoms with E-state index in [-0.39, 0.29) is 5.82 Å². The number of aryl methyl sites for hydroxylation is 2. The molecular formula is C17H16BrFO. The molecule has 0 saturated heterocycles. The third-order valence-corrected chi connectivity index (χ3v) is 4.35. The highest BCUT2D eigenvalue weighted by atomic mass is 79.9. The minimum Gasteiger partial charge on any atom is -0.384 e. The molecule has 0 heterocycles. The van der Waals surface area contributed by atoms with Gasteiger partial charge in [-0.1, -0.05) is 34.1 Å². The zero-order chi connectivity index (χ0) is 14.1. The number of aliphatic hydroxyl groups excluding tert-OH is 1. The molecule has 104 valence electrons. The second-order valence-corrected chi connectivity index (χ2v) is 6.26. The van der Waals surface area contributed by atoms with Gasteiger partial charge in [0.25, 0.3) is 0 Å². The van der Waals surface area contributed by atoms with Gasteiger partial charge in [-0.05, 0) is 66.1 Å². The van der Waals surface area contributed by atoms with Gasteiger partial charge in [-0.15, -0.1) is 0 Å². The van der Waals surface area contributed by atoms with E-state index in [0.29, 0.717) is 10.0 Å². The highest BCUT2D eigenvalue weighted by Gasteiger charge is 2.16. The molecule has 1 atom stereocenters. The SMILES string of the molecule is OC(c1cc(F)cc(Br)c1)c1ccc2c(c1)CCCC2. The van der Waals surface area contributed by atoms with E-state index in [1.165, 1.54) is 36.1 Å². The van der Waals surface area contributed by atoms with Gasteiger partial charge in [0, 0.05) is 4.47 Å². The van der Waals surface area contributed by atoms with Crippen molar-refractivity contribution < 1.29 is 9.50 Å². The summed E-state index contributed by atoms with van der Waals surface area (Å²) in [6, 6.07) is 10.7. The quantitative estimate of drug-likeness (QED) is 0.854. The molecule has 1 nitrogen and oxygen atoms in total. The van der Waals surface area contributed by atoms with Gasteiger partial charge in [-0.2, -0.15) is 0 Å². The van der Waals surface area contributed by atoms with E-state index in [1.807, 2.05) is 6.07 Å². The van der Waals surface area contributed by atoms with Crippen molar-refractivity contribution in [2.45, 2.75) is 31.8 Å². The molecule has 0 aliphatic heterocycles. The molecule has 3 heteroatoms. The average Bonchev–Trinajstić information content (AvgIpc) is 2.45. The maximum Gasteiger partial charge on any atom is 0.124 e. The lowest BCUT2D eigenvalue weighted by Gasteiger charge is -2.19. The van der Waals surface area contributed by atoms with Crippen LogP contribution in [-0.4, -0.2) is 5.11 Å². The Hall–Kier alpha value is -1.19. The monoisotopic (exact) mass is 334 g/mol. The van der Waals surface area contributed by atoms with Crippen LogP contribution in [0.1, 0.15) is 41.2 Å². The molecule has 2 aromatic rings. The van der Waals surface area contributed by atoms with Gasteiger partial charge in [-0.3, -0.25) is 0 Å². The molecular weight excluding hydrogens is 319 g/mol. The number of rotatable bonds is 2. The van der Waals surface area contributed by atoms with Crippen molar-refractivity contribution in [3.63, 3.8) is 0 Å². The number of benzene rings is 2. The predicted molar refractivity (Wildman–Crippen MR) is 81.2 cm³/mol. The Morgan fingerprint density at radius 1 is 0.950 bits per heavy atom. The van der Waals surface area contributed by atoms with Gasteiger partial charge in [0.05, 0.1) is 0 Å². The van der Waals surface area contributed by atoms with Crippen molar-refractivity contribution in [1.29, 1.82) is 0 Å². The van der Waals surface area contributed by atoms with Crippen LogP contribution in [0, 0.1) is 5.82 Å². The molecule has 1 aliphatic carbocycles. The second kappa shape index (κ2) is 5.66. The zero-order valence-electron chi connectivity index (χ0n) is 11.1. The molecule has 0 bridgehead atoms. The molecule has 0 saturated carbocycles. The topological polar surface area (TPSA) is 20.2 Å². The van der Waals surface area contributed by atoms with Crippen LogP contribution in [0.15, 0.2) is 40.9 Å². The lowest BCUT2D eigenvalue weighted by Crippen LogP contribution is -2.06.